The van der Waals surface area contributed by atoms with Gasteiger partial charge >= 0.3 is 0 Å². The van der Waals surface area contributed by atoms with Gasteiger partial charge in [0.25, 0.3) is 5.91 Å². The minimum Gasteiger partial charge on any atom is -0.363 e. The van der Waals surface area contributed by atoms with Crippen molar-refractivity contribution in [3.63, 3.8) is 0 Å². The third-order valence-electron chi connectivity index (χ3n) is 5.54. The molecule has 1 aliphatic rings. The van der Waals surface area contributed by atoms with Crippen molar-refractivity contribution >= 4 is 34.2 Å². The molecule has 2 amide bonds. The van der Waals surface area contributed by atoms with Gasteiger partial charge in [0.2, 0.25) is 5.91 Å². The van der Waals surface area contributed by atoms with Crippen LogP contribution in [-0.4, -0.2) is 48.9 Å². The zero-order valence-corrected chi connectivity index (χ0v) is 17.3. The van der Waals surface area contributed by atoms with Crippen molar-refractivity contribution in [3.05, 3.63) is 66.2 Å². The molecular weight excluding hydrogens is 376 g/mol. The lowest BCUT2D eigenvalue weighted by atomic mass is 9.95. The van der Waals surface area contributed by atoms with Crippen LogP contribution in [0.25, 0.3) is 10.8 Å². The van der Waals surface area contributed by atoms with E-state index < -0.39 is 0 Å². The first kappa shape index (κ1) is 19.9. The van der Waals surface area contributed by atoms with Crippen LogP contribution in [0.2, 0.25) is 0 Å². The number of aromatic nitrogens is 1. The summed E-state index contributed by atoms with van der Waals surface area (Å²) in [6.07, 6.45) is 1.57. The number of amides is 2. The summed E-state index contributed by atoms with van der Waals surface area (Å²) < 4.78 is 0. The van der Waals surface area contributed by atoms with Crippen molar-refractivity contribution in [2.75, 3.05) is 37.4 Å². The van der Waals surface area contributed by atoms with Gasteiger partial charge in [0.15, 0.2) is 0 Å². The SMILES string of the molecule is CN(C)c1cccc(NC(=O)[C@@H]2CCCN(C(=O)c3cccc4ccccc34)C2)n1. The van der Waals surface area contributed by atoms with E-state index in [9.17, 15) is 9.59 Å². The summed E-state index contributed by atoms with van der Waals surface area (Å²) in [5.74, 6) is 0.959. The van der Waals surface area contributed by atoms with Crippen molar-refractivity contribution in [2.24, 2.45) is 5.92 Å². The normalized spacial score (nSPS) is 16.3. The smallest absolute Gasteiger partial charge is 0.254 e. The fraction of sp³-hybridized carbons (Fsp3) is 0.292. The van der Waals surface area contributed by atoms with E-state index >= 15 is 0 Å². The molecule has 6 nitrogen and oxygen atoms in total. The lowest BCUT2D eigenvalue weighted by Crippen LogP contribution is -2.43. The largest absolute Gasteiger partial charge is 0.363 e. The fourth-order valence-corrected chi connectivity index (χ4v) is 3.93. The molecule has 1 atom stereocenters. The number of nitrogens with zero attached hydrogens (tertiary/aromatic N) is 3. The molecule has 1 aromatic heterocycles. The minimum absolute atomic E-state index is 0.0166. The average molecular weight is 402 g/mol. The molecule has 0 unspecified atom stereocenters. The average Bonchev–Trinajstić information content (AvgIpc) is 2.78. The molecule has 1 fully saturated rings. The molecule has 30 heavy (non-hydrogen) atoms. The highest BCUT2D eigenvalue weighted by Crippen LogP contribution is 2.24. The Balaban J connectivity index is 1.48. The van der Waals surface area contributed by atoms with Crippen molar-refractivity contribution in [2.45, 2.75) is 12.8 Å². The van der Waals surface area contributed by atoms with Crippen LogP contribution in [0.3, 0.4) is 0 Å². The quantitative estimate of drug-likeness (QED) is 0.721. The number of likely N-dealkylation sites (tertiary alicyclic amines) is 1. The molecule has 0 aliphatic carbocycles. The molecule has 154 valence electrons. The van der Waals surface area contributed by atoms with Gasteiger partial charge in [-0.3, -0.25) is 9.59 Å². The van der Waals surface area contributed by atoms with E-state index in [0.717, 1.165) is 29.4 Å². The Labute approximate surface area is 176 Å². The molecule has 4 rings (SSSR count). The predicted molar refractivity (Wildman–Crippen MR) is 120 cm³/mol. The first-order valence-electron chi connectivity index (χ1n) is 10.3. The summed E-state index contributed by atoms with van der Waals surface area (Å²) in [5, 5.41) is 4.91. The van der Waals surface area contributed by atoms with E-state index in [0.29, 0.717) is 24.5 Å². The molecule has 1 aliphatic heterocycles. The summed E-state index contributed by atoms with van der Waals surface area (Å²) in [6.45, 7) is 1.08. The minimum atomic E-state index is -0.248. The van der Waals surface area contributed by atoms with Crippen molar-refractivity contribution in [1.29, 1.82) is 0 Å². The highest BCUT2D eigenvalue weighted by Gasteiger charge is 2.29. The van der Waals surface area contributed by atoms with Crippen LogP contribution in [0.1, 0.15) is 23.2 Å². The standard InChI is InChI=1S/C24H26N4O2/c1-27(2)22-14-6-13-21(25-22)26-23(29)18-10-7-15-28(16-18)24(30)20-12-5-9-17-8-3-4-11-19(17)20/h3-6,8-9,11-14,18H,7,10,15-16H2,1-2H3,(H,25,26,29)/t18-/m1/s1. The number of pyridine rings is 1. The summed E-state index contributed by atoms with van der Waals surface area (Å²) in [4.78, 5) is 34.3. The Morgan fingerprint density at radius 3 is 2.63 bits per heavy atom. The predicted octanol–water partition coefficient (Wildman–Crippen LogP) is 3.79. The van der Waals surface area contributed by atoms with Gasteiger partial charge in [0.05, 0.1) is 5.92 Å². The van der Waals surface area contributed by atoms with Gasteiger partial charge in [-0.1, -0.05) is 42.5 Å². The summed E-state index contributed by atoms with van der Waals surface area (Å²) >= 11 is 0. The van der Waals surface area contributed by atoms with Gasteiger partial charge in [-0.2, -0.15) is 0 Å². The number of hydrogen-bond donors (Lipinski definition) is 1. The second-order valence-electron chi connectivity index (χ2n) is 7.88. The molecule has 2 aromatic carbocycles. The number of anilines is 2. The molecule has 3 aromatic rings. The van der Waals surface area contributed by atoms with Crippen LogP contribution in [-0.2, 0) is 4.79 Å². The topological polar surface area (TPSA) is 65.5 Å². The lowest BCUT2D eigenvalue weighted by molar-refractivity contribution is -0.121. The van der Waals surface area contributed by atoms with Crippen LogP contribution >= 0.6 is 0 Å². The molecule has 0 bridgehead atoms. The number of benzene rings is 2. The molecule has 0 saturated carbocycles. The zero-order chi connectivity index (χ0) is 21.1. The number of nitrogens with one attached hydrogen (secondary N) is 1. The highest BCUT2D eigenvalue weighted by molar-refractivity contribution is 6.07. The van der Waals surface area contributed by atoms with Crippen LogP contribution in [0.15, 0.2) is 60.7 Å². The van der Waals surface area contributed by atoms with E-state index in [2.05, 4.69) is 10.3 Å². The Morgan fingerprint density at radius 1 is 1.03 bits per heavy atom. The fourth-order valence-electron chi connectivity index (χ4n) is 3.93. The van der Waals surface area contributed by atoms with E-state index in [1.54, 1.807) is 11.0 Å². The zero-order valence-electron chi connectivity index (χ0n) is 17.3. The molecule has 0 spiro atoms. The third-order valence-corrected chi connectivity index (χ3v) is 5.54. The molecule has 1 N–H and O–H groups in total. The number of fused-ring (bicyclic) bond motifs is 1. The summed E-state index contributed by atoms with van der Waals surface area (Å²) in [7, 11) is 3.82. The monoisotopic (exact) mass is 402 g/mol. The van der Waals surface area contributed by atoms with Gasteiger partial charge in [-0.05, 0) is 41.8 Å². The molecule has 2 heterocycles. The van der Waals surface area contributed by atoms with E-state index in [1.165, 1.54) is 0 Å². The Kier molecular flexibility index (Phi) is 5.65. The number of piperidine rings is 1. The number of carbonyl (C=O) groups excluding carboxylic acids is 2. The molecule has 1 saturated heterocycles. The maximum Gasteiger partial charge on any atom is 0.254 e. The van der Waals surface area contributed by atoms with Crippen LogP contribution < -0.4 is 10.2 Å². The third kappa shape index (κ3) is 4.13. The van der Waals surface area contributed by atoms with Crippen molar-refractivity contribution < 1.29 is 9.59 Å². The number of rotatable bonds is 4. The van der Waals surface area contributed by atoms with Gasteiger partial charge in [-0.15, -0.1) is 0 Å². The summed E-state index contributed by atoms with van der Waals surface area (Å²) in [6, 6.07) is 19.2. The van der Waals surface area contributed by atoms with Crippen LogP contribution in [0, 0.1) is 5.92 Å². The lowest BCUT2D eigenvalue weighted by Gasteiger charge is -2.32. The van der Waals surface area contributed by atoms with Gasteiger partial charge < -0.3 is 15.1 Å². The van der Waals surface area contributed by atoms with Gasteiger partial charge in [-0.25, -0.2) is 4.98 Å². The van der Waals surface area contributed by atoms with E-state index in [4.69, 9.17) is 0 Å². The first-order valence-corrected chi connectivity index (χ1v) is 10.3. The number of carbonyl (C=O) groups is 2. The van der Waals surface area contributed by atoms with Gasteiger partial charge in [0.1, 0.15) is 11.6 Å². The van der Waals surface area contributed by atoms with Crippen LogP contribution in [0.4, 0.5) is 11.6 Å². The van der Waals surface area contributed by atoms with Gasteiger partial charge in [0, 0.05) is 32.7 Å². The first-order chi connectivity index (χ1) is 14.5. The summed E-state index contributed by atoms with van der Waals surface area (Å²) in [5.41, 5.74) is 0.689. The Morgan fingerprint density at radius 2 is 1.80 bits per heavy atom. The van der Waals surface area contributed by atoms with E-state index in [1.807, 2.05) is 73.6 Å². The Hall–Kier alpha value is -3.41. The second kappa shape index (κ2) is 8.53. The molecule has 0 radical (unpaired) electrons. The maximum atomic E-state index is 13.2. The highest BCUT2D eigenvalue weighted by atomic mass is 16.2. The van der Waals surface area contributed by atoms with E-state index in [-0.39, 0.29) is 17.7 Å². The number of hydrogen-bond acceptors (Lipinski definition) is 4. The molecular formula is C24H26N4O2. The Bertz CT molecular complexity index is 1070. The van der Waals surface area contributed by atoms with Crippen molar-refractivity contribution in [1.82, 2.24) is 9.88 Å². The molecule has 6 heteroatoms. The van der Waals surface area contributed by atoms with Crippen LogP contribution in [0.5, 0.6) is 0 Å². The van der Waals surface area contributed by atoms with Crippen molar-refractivity contribution in [3.8, 4) is 0 Å². The maximum absolute atomic E-state index is 13.2. The second-order valence-corrected chi connectivity index (χ2v) is 7.88.